The van der Waals surface area contributed by atoms with Gasteiger partial charge in [0, 0.05) is 11.9 Å². The summed E-state index contributed by atoms with van der Waals surface area (Å²) in [6.45, 7) is 0. The fourth-order valence-electron chi connectivity index (χ4n) is 3.39. The van der Waals surface area contributed by atoms with Crippen LogP contribution in [0.15, 0.2) is 42.6 Å². The number of methoxy groups -OCH3 is 1. The zero-order chi connectivity index (χ0) is 15.6. The number of anilines is 2. The molecule has 23 heavy (non-hydrogen) atoms. The van der Waals surface area contributed by atoms with Crippen molar-refractivity contribution in [2.24, 2.45) is 0 Å². The topological polar surface area (TPSA) is 52.0 Å². The maximum absolute atomic E-state index is 5.48. The lowest BCUT2D eigenvalue weighted by Gasteiger charge is -2.11. The number of hydrogen-bond donors (Lipinski definition) is 1. The summed E-state index contributed by atoms with van der Waals surface area (Å²) in [6, 6.07) is 12.6. The SMILES string of the molecule is COc1nccc2c1c(Nc1ccccc1)nn2C1CCCC1. The fraction of sp³-hybridized carbons (Fsp3) is 0.333. The maximum Gasteiger partial charge on any atom is 0.226 e. The van der Waals surface area contributed by atoms with Crippen molar-refractivity contribution in [1.82, 2.24) is 14.8 Å². The Hall–Kier alpha value is -2.56. The van der Waals surface area contributed by atoms with Crippen LogP contribution in [0.2, 0.25) is 0 Å². The molecule has 118 valence electrons. The Bertz CT molecular complexity index is 807. The number of nitrogens with one attached hydrogen (secondary N) is 1. The number of fused-ring (bicyclic) bond motifs is 1. The summed E-state index contributed by atoms with van der Waals surface area (Å²) >= 11 is 0. The second-order valence-electron chi connectivity index (χ2n) is 5.94. The van der Waals surface area contributed by atoms with Crippen LogP contribution in [0.25, 0.3) is 10.9 Å². The van der Waals surface area contributed by atoms with E-state index in [0.29, 0.717) is 11.9 Å². The lowest BCUT2D eigenvalue weighted by molar-refractivity contribution is 0.403. The summed E-state index contributed by atoms with van der Waals surface area (Å²) in [7, 11) is 1.65. The summed E-state index contributed by atoms with van der Waals surface area (Å²) in [5.74, 6) is 1.42. The molecule has 2 aromatic heterocycles. The molecule has 0 saturated heterocycles. The van der Waals surface area contributed by atoms with Gasteiger partial charge in [0.2, 0.25) is 5.88 Å². The number of ether oxygens (including phenoxy) is 1. The molecule has 1 N–H and O–H groups in total. The van der Waals surface area contributed by atoms with Gasteiger partial charge in [0.1, 0.15) is 5.39 Å². The molecule has 0 spiro atoms. The highest BCUT2D eigenvalue weighted by Crippen LogP contribution is 2.37. The highest BCUT2D eigenvalue weighted by molar-refractivity contribution is 5.95. The first-order valence-corrected chi connectivity index (χ1v) is 8.10. The predicted molar refractivity (Wildman–Crippen MR) is 91.3 cm³/mol. The van der Waals surface area contributed by atoms with E-state index in [1.165, 1.54) is 25.7 Å². The van der Waals surface area contributed by atoms with Crippen LogP contribution in [-0.2, 0) is 0 Å². The van der Waals surface area contributed by atoms with Crippen LogP contribution < -0.4 is 10.1 Å². The Labute approximate surface area is 135 Å². The smallest absolute Gasteiger partial charge is 0.226 e. The number of hydrogen-bond acceptors (Lipinski definition) is 4. The Morgan fingerprint density at radius 1 is 1.13 bits per heavy atom. The van der Waals surface area contributed by atoms with Crippen molar-refractivity contribution in [2.75, 3.05) is 12.4 Å². The summed E-state index contributed by atoms with van der Waals surface area (Å²) in [5.41, 5.74) is 2.10. The zero-order valence-corrected chi connectivity index (χ0v) is 13.2. The third-order valence-corrected chi connectivity index (χ3v) is 4.49. The third-order valence-electron chi connectivity index (χ3n) is 4.49. The number of para-hydroxylation sites is 1. The molecule has 5 heteroatoms. The lowest BCUT2D eigenvalue weighted by Crippen LogP contribution is -2.06. The minimum atomic E-state index is 0.468. The molecule has 0 bridgehead atoms. The molecule has 1 saturated carbocycles. The number of rotatable bonds is 4. The van der Waals surface area contributed by atoms with E-state index in [4.69, 9.17) is 9.84 Å². The van der Waals surface area contributed by atoms with Crippen LogP contribution >= 0.6 is 0 Å². The van der Waals surface area contributed by atoms with E-state index in [2.05, 4.69) is 15.0 Å². The van der Waals surface area contributed by atoms with E-state index >= 15 is 0 Å². The molecule has 0 aliphatic heterocycles. The highest BCUT2D eigenvalue weighted by atomic mass is 16.5. The first kappa shape index (κ1) is 14.1. The number of nitrogens with zero attached hydrogens (tertiary/aromatic N) is 3. The van der Waals surface area contributed by atoms with Gasteiger partial charge in [-0.25, -0.2) is 4.98 Å². The van der Waals surface area contributed by atoms with Gasteiger partial charge in [-0.1, -0.05) is 31.0 Å². The van der Waals surface area contributed by atoms with Crippen LogP contribution in [0, 0.1) is 0 Å². The summed E-state index contributed by atoms with van der Waals surface area (Å²) in [6.07, 6.45) is 6.71. The predicted octanol–water partition coefficient (Wildman–Crippen LogP) is 4.30. The minimum Gasteiger partial charge on any atom is -0.480 e. The van der Waals surface area contributed by atoms with Crippen molar-refractivity contribution in [3.8, 4) is 5.88 Å². The number of benzene rings is 1. The molecule has 4 rings (SSSR count). The third kappa shape index (κ3) is 2.52. The summed E-state index contributed by atoms with van der Waals surface area (Å²) in [5, 5.41) is 9.22. The van der Waals surface area contributed by atoms with Gasteiger partial charge >= 0.3 is 0 Å². The van der Waals surface area contributed by atoms with Gasteiger partial charge in [-0.2, -0.15) is 5.10 Å². The van der Waals surface area contributed by atoms with E-state index in [1.807, 2.05) is 36.4 Å². The number of aromatic nitrogens is 3. The van der Waals surface area contributed by atoms with Gasteiger partial charge in [-0.3, -0.25) is 4.68 Å². The maximum atomic E-state index is 5.48. The zero-order valence-electron chi connectivity index (χ0n) is 13.2. The van der Waals surface area contributed by atoms with Gasteiger partial charge in [-0.05, 0) is 31.0 Å². The second kappa shape index (κ2) is 5.91. The molecule has 1 fully saturated rings. The first-order valence-electron chi connectivity index (χ1n) is 8.10. The Morgan fingerprint density at radius 2 is 1.91 bits per heavy atom. The first-order chi connectivity index (χ1) is 11.4. The van der Waals surface area contributed by atoms with Crippen molar-refractivity contribution in [2.45, 2.75) is 31.7 Å². The van der Waals surface area contributed by atoms with Crippen molar-refractivity contribution in [3.05, 3.63) is 42.6 Å². The number of pyridine rings is 1. The molecule has 1 aromatic carbocycles. The fourth-order valence-corrected chi connectivity index (χ4v) is 3.39. The van der Waals surface area contributed by atoms with Gasteiger partial charge < -0.3 is 10.1 Å². The average molecular weight is 308 g/mol. The van der Waals surface area contributed by atoms with Crippen molar-refractivity contribution >= 4 is 22.4 Å². The molecule has 3 aromatic rings. The van der Waals surface area contributed by atoms with E-state index in [-0.39, 0.29) is 0 Å². The Morgan fingerprint density at radius 3 is 2.65 bits per heavy atom. The van der Waals surface area contributed by atoms with Crippen molar-refractivity contribution in [1.29, 1.82) is 0 Å². The summed E-state index contributed by atoms with van der Waals surface area (Å²) in [4.78, 5) is 4.35. The minimum absolute atomic E-state index is 0.468. The molecule has 0 amide bonds. The van der Waals surface area contributed by atoms with Crippen LogP contribution in [0.3, 0.4) is 0 Å². The Kier molecular flexibility index (Phi) is 3.61. The Balaban J connectivity index is 1.85. The second-order valence-corrected chi connectivity index (χ2v) is 5.94. The largest absolute Gasteiger partial charge is 0.480 e. The highest BCUT2D eigenvalue weighted by Gasteiger charge is 2.23. The normalized spacial score (nSPS) is 15.2. The molecule has 0 atom stereocenters. The summed E-state index contributed by atoms with van der Waals surface area (Å²) < 4.78 is 7.63. The van der Waals surface area contributed by atoms with Gasteiger partial charge in [-0.15, -0.1) is 0 Å². The monoisotopic (exact) mass is 308 g/mol. The molecular formula is C18H20N4O. The van der Waals surface area contributed by atoms with Crippen LogP contribution in [0.5, 0.6) is 5.88 Å². The standard InChI is InChI=1S/C18H20N4O/c1-23-18-16-15(11-12-19-18)22(14-9-5-6-10-14)21-17(16)20-13-7-3-2-4-8-13/h2-4,7-8,11-12,14H,5-6,9-10H2,1H3,(H,20,21). The molecular weight excluding hydrogens is 288 g/mol. The van der Waals surface area contributed by atoms with Gasteiger partial charge in [0.15, 0.2) is 5.82 Å². The molecule has 1 aliphatic carbocycles. The van der Waals surface area contributed by atoms with Crippen molar-refractivity contribution < 1.29 is 4.74 Å². The van der Waals surface area contributed by atoms with Crippen LogP contribution in [0.4, 0.5) is 11.5 Å². The van der Waals surface area contributed by atoms with Gasteiger partial charge in [0.25, 0.3) is 0 Å². The van der Waals surface area contributed by atoms with Gasteiger partial charge in [0.05, 0.1) is 18.7 Å². The van der Waals surface area contributed by atoms with E-state index in [0.717, 1.165) is 22.4 Å². The molecule has 0 unspecified atom stereocenters. The molecule has 0 radical (unpaired) electrons. The molecule has 2 heterocycles. The molecule has 1 aliphatic rings. The molecule has 5 nitrogen and oxygen atoms in total. The van der Waals surface area contributed by atoms with Crippen LogP contribution in [0.1, 0.15) is 31.7 Å². The van der Waals surface area contributed by atoms with E-state index in [1.54, 1.807) is 13.3 Å². The van der Waals surface area contributed by atoms with E-state index < -0.39 is 0 Å². The van der Waals surface area contributed by atoms with Crippen molar-refractivity contribution in [3.63, 3.8) is 0 Å². The van der Waals surface area contributed by atoms with E-state index in [9.17, 15) is 0 Å². The lowest BCUT2D eigenvalue weighted by atomic mass is 10.2. The average Bonchev–Trinajstić information content (AvgIpc) is 3.24. The van der Waals surface area contributed by atoms with Crippen LogP contribution in [-0.4, -0.2) is 21.9 Å². The quantitative estimate of drug-likeness (QED) is 0.781.